The molecule has 2 atom stereocenters. The highest BCUT2D eigenvalue weighted by Gasteiger charge is 2.27. The molecule has 3 heteroatoms. The van der Waals surface area contributed by atoms with Gasteiger partial charge in [-0.05, 0) is 36.4 Å². The first-order valence-electron chi connectivity index (χ1n) is 5.69. The number of nitrogens with one attached hydrogen (secondary N) is 1. The van der Waals surface area contributed by atoms with Gasteiger partial charge in [0.1, 0.15) is 0 Å². The van der Waals surface area contributed by atoms with E-state index in [4.69, 9.17) is 4.74 Å². The molecule has 2 heterocycles. The Hall–Kier alpha value is -0.380. The zero-order valence-corrected chi connectivity index (χ0v) is 10.3. The number of methoxy groups -OCH3 is 1. The fraction of sp³-hybridized carbons (Fsp3) is 0.667. The van der Waals surface area contributed by atoms with Gasteiger partial charge in [-0.2, -0.15) is 0 Å². The molecule has 1 aromatic rings. The minimum atomic E-state index is 0.327. The summed E-state index contributed by atoms with van der Waals surface area (Å²) >= 11 is 1.86. The van der Waals surface area contributed by atoms with Crippen LogP contribution in [0.5, 0.6) is 0 Å². The highest BCUT2D eigenvalue weighted by atomic mass is 32.1. The minimum Gasteiger partial charge on any atom is -0.379 e. The maximum absolute atomic E-state index is 5.60. The van der Waals surface area contributed by atoms with Crippen molar-refractivity contribution in [3.05, 3.63) is 21.9 Å². The van der Waals surface area contributed by atoms with E-state index in [1.807, 2.05) is 18.4 Å². The Morgan fingerprint density at radius 1 is 1.67 bits per heavy atom. The summed E-state index contributed by atoms with van der Waals surface area (Å²) in [6, 6.07) is 2.67. The van der Waals surface area contributed by atoms with E-state index in [-0.39, 0.29) is 0 Å². The van der Waals surface area contributed by atoms with E-state index in [9.17, 15) is 0 Å². The SMILES string of the molecule is CCCC(OC)C1NCCc2ccsc21. The molecule has 0 saturated carbocycles. The lowest BCUT2D eigenvalue weighted by molar-refractivity contribution is 0.0597. The largest absolute Gasteiger partial charge is 0.379 e. The summed E-state index contributed by atoms with van der Waals surface area (Å²) in [5.74, 6) is 0. The molecule has 0 bridgehead atoms. The molecule has 0 saturated heterocycles. The van der Waals surface area contributed by atoms with Crippen LogP contribution in [-0.4, -0.2) is 19.8 Å². The highest BCUT2D eigenvalue weighted by Crippen LogP contribution is 2.32. The van der Waals surface area contributed by atoms with Gasteiger partial charge in [0.25, 0.3) is 0 Å². The zero-order valence-electron chi connectivity index (χ0n) is 9.45. The first kappa shape index (κ1) is 11.1. The van der Waals surface area contributed by atoms with Crippen LogP contribution in [0.15, 0.2) is 11.4 Å². The van der Waals surface area contributed by atoms with Crippen molar-refractivity contribution < 1.29 is 4.74 Å². The average Bonchev–Trinajstić information content (AvgIpc) is 2.73. The third kappa shape index (κ3) is 2.25. The van der Waals surface area contributed by atoms with Gasteiger partial charge in [-0.25, -0.2) is 0 Å². The standard InChI is InChI=1S/C12H19NOS/c1-3-4-10(14-2)11-12-9(5-7-13-11)6-8-15-12/h6,8,10-11,13H,3-5,7H2,1-2H3. The highest BCUT2D eigenvalue weighted by molar-refractivity contribution is 7.10. The summed E-state index contributed by atoms with van der Waals surface area (Å²) in [7, 11) is 1.82. The van der Waals surface area contributed by atoms with Crippen LogP contribution in [0.1, 0.15) is 36.2 Å². The van der Waals surface area contributed by atoms with E-state index in [1.54, 1.807) is 0 Å². The fourth-order valence-electron chi connectivity index (χ4n) is 2.29. The molecule has 1 aliphatic rings. The summed E-state index contributed by atoms with van der Waals surface area (Å²) in [4.78, 5) is 1.49. The zero-order chi connectivity index (χ0) is 10.7. The molecule has 2 rings (SSSR count). The van der Waals surface area contributed by atoms with E-state index in [0.717, 1.165) is 19.4 Å². The van der Waals surface area contributed by atoms with Gasteiger partial charge in [-0.1, -0.05) is 13.3 Å². The molecule has 0 aromatic carbocycles. The van der Waals surface area contributed by atoms with Crippen LogP contribution in [0.4, 0.5) is 0 Å². The van der Waals surface area contributed by atoms with Crippen LogP contribution in [0.25, 0.3) is 0 Å². The van der Waals surface area contributed by atoms with Gasteiger partial charge in [0.15, 0.2) is 0 Å². The lowest BCUT2D eigenvalue weighted by Gasteiger charge is -2.30. The summed E-state index contributed by atoms with van der Waals surface area (Å²) in [6.07, 6.45) is 3.80. The third-order valence-corrected chi connectivity index (χ3v) is 4.11. The molecule has 0 aliphatic carbocycles. The van der Waals surface area contributed by atoms with Crippen molar-refractivity contribution in [2.24, 2.45) is 0 Å². The van der Waals surface area contributed by atoms with Gasteiger partial charge in [0, 0.05) is 12.0 Å². The quantitative estimate of drug-likeness (QED) is 0.850. The predicted molar refractivity (Wildman–Crippen MR) is 64.5 cm³/mol. The Bertz CT molecular complexity index is 310. The van der Waals surface area contributed by atoms with Gasteiger partial charge in [0.05, 0.1) is 12.1 Å². The van der Waals surface area contributed by atoms with E-state index in [1.165, 1.54) is 16.9 Å². The number of rotatable bonds is 4. The number of thiophene rings is 1. The number of hydrogen-bond acceptors (Lipinski definition) is 3. The molecular formula is C12H19NOS. The van der Waals surface area contributed by atoms with Crippen molar-refractivity contribution in [2.45, 2.75) is 38.3 Å². The Kier molecular flexibility index (Phi) is 3.78. The molecule has 0 fully saturated rings. The molecule has 15 heavy (non-hydrogen) atoms. The second kappa shape index (κ2) is 5.10. The van der Waals surface area contributed by atoms with Crippen molar-refractivity contribution in [1.29, 1.82) is 0 Å². The van der Waals surface area contributed by atoms with E-state index in [0.29, 0.717) is 12.1 Å². The summed E-state index contributed by atoms with van der Waals surface area (Å²) < 4.78 is 5.60. The number of hydrogen-bond donors (Lipinski definition) is 1. The average molecular weight is 225 g/mol. The van der Waals surface area contributed by atoms with E-state index >= 15 is 0 Å². The maximum Gasteiger partial charge on any atom is 0.0774 e. The molecule has 2 nitrogen and oxygen atoms in total. The number of fused-ring (bicyclic) bond motifs is 1. The fourth-order valence-corrected chi connectivity index (χ4v) is 3.37. The van der Waals surface area contributed by atoms with Gasteiger partial charge in [0.2, 0.25) is 0 Å². The summed E-state index contributed by atoms with van der Waals surface area (Å²) in [6.45, 7) is 3.29. The normalized spacial score (nSPS) is 22.4. The Morgan fingerprint density at radius 3 is 3.27 bits per heavy atom. The topological polar surface area (TPSA) is 21.3 Å². The predicted octanol–water partition coefficient (Wildman–Crippen LogP) is 2.75. The van der Waals surface area contributed by atoms with Gasteiger partial charge >= 0.3 is 0 Å². The molecule has 2 unspecified atom stereocenters. The Balaban J connectivity index is 2.16. The molecule has 0 spiro atoms. The van der Waals surface area contributed by atoms with E-state index < -0.39 is 0 Å². The van der Waals surface area contributed by atoms with Gasteiger partial charge in [-0.3, -0.25) is 0 Å². The van der Waals surface area contributed by atoms with E-state index in [2.05, 4.69) is 23.7 Å². The molecule has 1 aromatic heterocycles. The maximum atomic E-state index is 5.60. The molecule has 1 aliphatic heterocycles. The molecule has 0 amide bonds. The second-order valence-electron chi connectivity index (χ2n) is 4.05. The summed E-state index contributed by atoms with van der Waals surface area (Å²) in [5, 5.41) is 5.78. The first-order valence-corrected chi connectivity index (χ1v) is 6.57. The lowest BCUT2D eigenvalue weighted by Crippen LogP contribution is -2.37. The molecule has 84 valence electrons. The van der Waals surface area contributed by atoms with Crippen LogP contribution >= 0.6 is 11.3 Å². The van der Waals surface area contributed by atoms with Crippen LogP contribution in [0, 0.1) is 0 Å². The van der Waals surface area contributed by atoms with Crippen LogP contribution < -0.4 is 5.32 Å². The first-order chi connectivity index (χ1) is 7.36. The lowest BCUT2D eigenvalue weighted by atomic mass is 9.97. The smallest absolute Gasteiger partial charge is 0.0774 e. The molecule has 1 N–H and O–H groups in total. The van der Waals surface area contributed by atoms with Crippen LogP contribution in [0.2, 0.25) is 0 Å². The van der Waals surface area contributed by atoms with Crippen molar-refractivity contribution in [3.8, 4) is 0 Å². The van der Waals surface area contributed by atoms with Crippen LogP contribution in [-0.2, 0) is 11.2 Å². The number of ether oxygens (including phenoxy) is 1. The van der Waals surface area contributed by atoms with Crippen molar-refractivity contribution in [1.82, 2.24) is 5.32 Å². The minimum absolute atomic E-state index is 0.327. The van der Waals surface area contributed by atoms with Crippen molar-refractivity contribution in [3.63, 3.8) is 0 Å². The molecular weight excluding hydrogens is 206 g/mol. The monoisotopic (exact) mass is 225 g/mol. The van der Waals surface area contributed by atoms with Gasteiger partial charge < -0.3 is 10.1 Å². The van der Waals surface area contributed by atoms with Crippen molar-refractivity contribution >= 4 is 11.3 Å². The van der Waals surface area contributed by atoms with Crippen molar-refractivity contribution in [2.75, 3.05) is 13.7 Å². The molecule has 0 radical (unpaired) electrons. The Morgan fingerprint density at radius 2 is 2.53 bits per heavy atom. The third-order valence-electron chi connectivity index (χ3n) is 3.07. The Labute approximate surface area is 95.6 Å². The summed E-state index contributed by atoms with van der Waals surface area (Å²) in [5.41, 5.74) is 1.52. The van der Waals surface area contributed by atoms with Gasteiger partial charge in [-0.15, -0.1) is 11.3 Å². The van der Waals surface area contributed by atoms with Crippen LogP contribution in [0.3, 0.4) is 0 Å². The second-order valence-corrected chi connectivity index (χ2v) is 5.00.